The molecule has 10 atom stereocenters. The van der Waals surface area contributed by atoms with Gasteiger partial charge in [0.25, 0.3) is 0 Å². The van der Waals surface area contributed by atoms with E-state index in [1.807, 2.05) is 6.92 Å². The highest BCUT2D eigenvalue weighted by molar-refractivity contribution is 5.83. The summed E-state index contributed by atoms with van der Waals surface area (Å²) in [6.07, 6.45) is -3.27. The van der Waals surface area contributed by atoms with Crippen LogP contribution in [0, 0.1) is 29.6 Å². The van der Waals surface area contributed by atoms with E-state index in [9.17, 15) is 25.2 Å². The predicted molar refractivity (Wildman–Crippen MR) is 101 cm³/mol. The predicted octanol–water partition coefficient (Wildman–Crippen LogP) is 0.635. The molecular weight excluding hydrogens is 364 g/mol. The third-order valence-corrected chi connectivity index (χ3v) is 6.85. The first-order chi connectivity index (χ1) is 13.1. The van der Waals surface area contributed by atoms with Crippen molar-refractivity contribution in [1.29, 1.82) is 0 Å². The van der Waals surface area contributed by atoms with E-state index in [0.29, 0.717) is 24.5 Å². The number of aliphatic hydroxyl groups excluding tert-OH is 4. The second-order valence-electron chi connectivity index (χ2n) is 9.13. The second-order valence-corrected chi connectivity index (χ2v) is 9.13. The fraction of sp³-hybridized carbons (Fsp3) is 0.857. The fourth-order valence-electron chi connectivity index (χ4n) is 5.25. The lowest BCUT2D eigenvalue weighted by Crippen LogP contribution is -2.60. The topological polar surface area (TPSA) is 116 Å². The number of carbonyl (C=O) groups is 1. The molecule has 2 fully saturated rings. The van der Waals surface area contributed by atoms with Crippen molar-refractivity contribution in [2.24, 2.45) is 29.6 Å². The lowest BCUT2D eigenvalue weighted by Gasteiger charge is -2.47. The van der Waals surface area contributed by atoms with Gasteiger partial charge in [0.2, 0.25) is 0 Å². The van der Waals surface area contributed by atoms with Gasteiger partial charge in [-0.3, -0.25) is 4.79 Å². The van der Waals surface area contributed by atoms with Gasteiger partial charge in [-0.2, -0.15) is 0 Å². The molecule has 2 aliphatic carbocycles. The molecule has 0 aromatic heterocycles. The SMILES string of the molecule is CC1=C[C@@H]2[C@H](C[C@@H]1O[C@@H]1O[C@@H](CO)[C@@H](O)[C@@H](O)[C@@H]1O)[C@@H](C)CC(=O)[C@H]2C(C)C. The van der Waals surface area contributed by atoms with E-state index in [2.05, 4.69) is 26.8 Å². The van der Waals surface area contributed by atoms with Crippen LogP contribution in [0.4, 0.5) is 0 Å². The van der Waals surface area contributed by atoms with Crippen molar-refractivity contribution < 1.29 is 34.7 Å². The van der Waals surface area contributed by atoms with Gasteiger partial charge < -0.3 is 29.9 Å². The van der Waals surface area contributed by atoms with Crippen molar-refractivity contribution in [3.05, 3.63) is 11.6 Å². The molecule has 0 unspecified atom stereocenters. The minimum atomic E-state index is -1.45. The highest BCUT2D eigenvalue weighted by Crippen LogP contribution is 2.47. The van der Waals surface area contributed by atoms with Crippen molar-refractivity contribution in [2.45, 2.75) is 77.3 Å². The summed E-state index contributed by atoms with van der Waals surface area (Å²) in [4.78, 5) is 12.6. The van der Waals surface area contributed by atoms with E-state index in [4.69, 9.17) is 9.47 Å². The Morgan fingerprint density at radius 1 is 1.21 bits per heavy atom. The Balaban J connectivity index is 1.78. The molecule has 7 nitrogen and oxygen atoms in total. The Bertz CT molecular complexity index is 602. The standard InChI is InChI=1S/C21H34O7/c1-9(2)17-13-5-11(4)15(7-12(13)10(3)6-14(17)23)27-21-20(26)19(25)18(24)16(8-22)28-21/h5,9-10,12-13,15-22,24-26H,6-8H2,1-4H3/t10-,12+,13+,15-,16-,17-,18+,19+,20-,21+/m0/s1. The zero-order valence-electron chi connectivity index (χ0n) is 17.1. The summed E-state index contributed by atoms with van der Waals surface area (Å²) in [5.41, 5.74) is 0.978. The largest absolute Gasteiger partial charge is 0.394 e. The Kier molecular flexibility index (Phi) is 6.64. The summed E-state index contributed by atoms with van der Waals surface area (Å²) in [6, 6.07) is 0. The summed E-state index contributed by atoms with van der Waals surface area (Å²) in [5.74, 6) is 1.36. The number of carbonyl (C=O) groups excluding carboxylic acids is 1. The van der Waals surface area contributed by atoms with Gasteiger partial charge in [-0.1, -0.05) is 26.8 Å². The monoisotopic (exact) mass is 398 g/mol. The molecule has 1 aliphatic heterocycles. The number of hydrogen-bond donors (Lipinski definition) is 4. The smallest absolute Gasteiger partial charge is 0.187 e. The number of Topliss-reactive ketones (excluding diaryl/α,β-unsaturated/α-hetero) is 1. The van der Waals surface area contributed by atoms with E-state index < -0.39 is 37.3 Å². The van der Waals surface area contributed by atoms with Crippen LogP contribution in [-0.2, 0) is 14.3 Å². The van der Waals surface area contributed by atoms with Crippen LogP contribution in [0.2, 0.25) is 0 Å². The number of hydrogen-bond acceptors (Lipinski definition) is 7. The van der Waals surface area contributed by atoms with Crippen molar-refractivity contribution in [3.63, 3.8) is 0 Å². The number of allylic oxidation sites excluding steroid dienone is 1. The number of fused-ring (bicyclic) bond motifs is 1. The van der Waals surface area contributed by atoms with Crippen molar-refractivity contribution in [3.8, 4) is 0 Å². The van der Waals surface area contributed by atoms with E-state index in [-0.39, 0.29) is 29.8 Å². The van der Waals surface area contributed by atoms with Crippen molar-refractivity contribution in [2.75, 3.05) is 6.61 Å². The normalized spacial score (nSPS) is 47.0. The van der Waals surface area contributed by atoms with Crippen LogP contribution in [0.3, 0.4) is 0 Å². The molecule has 1 saturated carbocycles. The lowest BCUT2D eigenvalue weighted by molar-refractivity contribution is -0.310. The van der Waals surface area contributed by atoms with Gasteiger partial charge in [-0.05, 0) is 42.6 Å². The van der Waals surface area contributed by atoms with Crippen LogP contribution in [-0.4, -0.2) is 69.6 Å². The highest BCUT2D eigenvalue weighted by Gasteiger charge is 2.48. The fourth-order valence-corrected chi connectivity index (χ4v) is 5.25. The average Bonchev–Trinajstić information content (AvgIpc) is 2.62. The molecule has 0 aromatic carbocycles. The average molecular weight is 398 g/mol. The summed E-state index contributed by atoms with van der Waals surface area (Å²) in [5, 5.41) is 39.6. The van der Waals surface area contributed by atoms with Crippen LogP contribution in [0.5, 0.6) is 0 Å². The summed E-state index contributed by atoms with van der Waals surface area (Å²) >= 11 is 0. The number of ether oxygens (including phenoxy) is 2. The highest BCUT2D eigenvalue weighted by atomic mass is 16.7. The van der Waals surface area contributed by atoms with Gasteiger partial charge in [0.05, 0.1) is 12.7 Å². The maximum atomic E-state index is 12.6. The maximum Gasteiger partial charge on any atom is 0.187 e. The third kappa shape index (κ3) is 3.93. The van der Waals surface area contributed by atoms with Crippen molar-refractivity contribution in [1.82, 2.24) is 0 Å². The van der Waals surface area contributed by atoms with E-state index in [1.54, 1.807) is 0 Å². The van der Waals surface area contributed by atoms with Gasteiger partial charge in [-0.15, -0.1) is 0 Å². The van der Waals surface area contributed by atoms with Crippen LogP contribution < -0.4 is 0 Å². The molecule has 0 amide bonds. The number of ketones is 1. The van der Waals surface area contributed by atoms with Crippen LogP contribution >= 0.6 is 0 Å². The van der Waals surface area contributed by atoms with Crippen LogP contribution in [0.25, 0.3) is 0 Å². The first-order valence-electron chi connectivity index (χ1n) is 10.3. The van der Waals surface area contributed by atoms with Crippen LogP contribution in [0.1, 0.15) is 40.5 Å². The molecule has 160 valence electrons. The molecular formula is C21H34O7. The second kappa shape index (κ2) is 8.50. The lowest BCUT2D eigenvalue weighted by atomic mass is 9.59. The molecule has 4 N–H and O–H groups in total. The molecule has 1 heterocycles. The third-order valence-electron chi connectivity index (χ3n) is 6.85. The zero-order valence-corrected chi connectivity index (χ0v) is 17.1. The van der Waals surface area contributed by atoms with Gasteiger partial charge in [0, 0.05) is 12.3 Å². The molecule has 1 saturated heterocycles. The minimum Gasteiger partial charge on any atom is -0.394 e. The Hall–Kier alpha value is -0.830. The first kappa shape index (κ1) is 21.9. The van der Waals surface area contributed by atoms with Crippen LogP contribution in [0.15, 0.2) is 11.6 Å². The van der Waals surface area contributed by atoms with Gasteiger partial charge >= 0.3 is 0 Å². The maximum absolute atomic E-state index is 12.6. The molecule has 0 aromatic rings. The Morgan fingerprint density at radius 3 is 2.50 bits per heavy atom. The first-order valence-corrected chi connectivity index (χ1v) is 10.3. The molecule has 0 radical (unpaired) electrons. The van der Waals surface area contributed by atoms with Gasteiger partial charge in [-0.25, -0.2) is 0 Å². The van der Waals surface area contributed by atoms with E-state index >= 15 is 0 Å². The van der Waals surface area contributed by atoms with E-state index in [1.165, 1.54) is 0 Å². The minimum absolute atomic E-state index is 0.0179. The number of rotatable bonds is 4. The molecule has 3 aliphatic rings. The molecule has 3 rings (SSSR count). The van der Waals surface area contributed by atoms with Gasteiger partial charge in [0.15, 0.2) is 6.29 Å². The van der Waals surface area contributed by atoms with Gasteiger partial charge in [0.1, 0.15) is 30.2 Å². The molecule has 7 heteroatoms. The molecule has 0 bridgehead atoms. The summed E-state index contributed by atoms with van der Waals surface area (Å²) < 4.78 is 11.5. The summed E-state index contributed by atoms with van der Waals surface area (Å²) in [7, 11) is 0. The number of aliphatic hydroxyl groups is 4. The molecule has 0 spiro atoms. The zero-order chi connectivity index (χ0) is 20.7. The Labute approximate surface area is 166 Å². The van der Waals surface area contributed by atoms with E-state index in [0.717, 1.165) is 5.57 Å². The van der Waals surface area contributed by atoms with Crippen molar-refractivity contribution >= 4 is 5.78 Å². The Morgan fingerprint density at radius 2 is 1.89 bits per heavy atom. The molecule has 28 heavy (non-hydrogen) atoms. The quantitative estimate of drug-likeness (QED) is 0.513. The summed E-state index contributed by atoms with van der Waals surface area (Å²) in [6.45, 7) is 7.76.